The Morgan fingerprint density at radius 2 is 2.18 bits per heavy atom. The van der Waals surface area contributed by atoms with Crippen molar-refractivity contribution in [1.29, 1.82) is 10.8 Å². The normalized spacial score (nSPS) is 12.3. The maximum atomic E-state index is 12.9. The van der Waals surface area contributed by atoms with Gasteiger partial charge in [0, 0.05) is 37.8 Å². The van der Waals surface area contributed by atoms with Gasteiger partial charge in [0.25, 0.3) is 5.56 Å². The fraction of sp³-hybridized carbons (Fsp3) is 0.278. The second kappa shape index (κ2) is 7.77. The van der Waals surface area contributed by atoms with E-state index >= 15 is 0 Å². The smallest absolute Gasteiger partial charge is 0.291 e. The van der Waals surface area contributed by atoms with Crippen molar-refractivity contribution >= 4 is 44.0 Å². The number of thiazole rings is 1. The molecule has 5 N–H and O–H groups in total. The topological polar surface area (TPSA) is 138 Å². The molecule has 0 bridgehead atoms. The monoisotopic (exact) mass is 398 g/mol. The fourth-order valence-corrected chi connectivity index (χ4v) is 4.07. The lowest BCUT2D eigenvalue weighted by Crippen LogP contribution is -2.27. The van der Waals surface area contributed by atoms with Crippen LogP contribution < -0.4 is 16.6 Å². The number of fused-ring (bicyclic) bond motifs is 3. The van der Waals surface area contributed by atoms with Crippen LogP contribution in [0.25, 0.3) is 21.3 Å². The number of aryl methyl sites for hydroxylation is 1. The Labute approximate surface area is 165 Å². The molecule has 9 nitrogen and oxygen atoms in total. The molecule has 3 aromatic rings. The van der Waals surface area contributed by atoms with Gasteiger partial charge in [-0.2, -0.15) is 5.10 Å². The van der Waals surface area contributed by atoms with Crippen LogP contribution in [0, 0.1) is 10.8 Å². The van der Waals surface area contributed by atoms with Crippen molar-refractivity contribution in [2.24, 2.45) is 12.8 Å². The highest BCUT2D eigenvalue weighted by Crippen LogP contribution is 2.31. The van der Waals surface area contributed by atoms with Crippen molar-refractivity contribution in [2.45, 2.75) is 19.9 Å². The van der Waals surface area contributed by atoms with Crippen LogP contribution in [0.4, 0.5) is 0 Å². The molecule has 0 spiro atoms. The van der Waals surface area contributed by atoms with Crippen LogP contribution in [0.15, 0.2) is 35.0 Å². The molecule has 3 heterocycles. The summed E-state index contributed by atoms with van der Waals surface area (Å²) in [5.41, 5.74) is 7.69. The third-order valence-corrected chi connectivity index (χ3v) is 5.43. The van der Waals surface area contributed by atoms with Gasteiger partial charge in [0.05, 0.1) is 23.2 Å². The summed E-state index contributed by atoms with van der Waals surface area (Å²) < 4.78 is 3.92. The number of allylic oxidation sites excluding steroid dienone is 2. The summed E-state index contributed by atoms with van der Waals surface area (Å²) in [5.74, 6) is 0. The molecule has 0 aromatic carbocycles. The Kier molecular flexibility index (Phi) is 5.41. The largest absolute Gasteiger partial charge is 0.405 e. The van der Waals surface area contributed by atoms with E-state index in [2.05, 4.69) is 15.4 Å². The van der Waals surface area contributed by atoms with E-state index in [1.807, 2.05) is 6.92 Å². The molecule has 0 fully saturated rings. The van der Waals surface area contributed by atoms with Gasteiger partial charge in [0.1, 0.15) is 10.5 Å². The number of hydrogen-bond acceptors (Lipinski definition) is 8. The van der Waals surface area contributed by atoms with Gasteiger partial charge in [0.15, 0.2) is 5.65 Å². The third-order valence-electron chi connectivity index (χ3n) is 4.35. The minimum Gasteiger partial charge on any atom is -0.405 e. The molecule has 0 saturated carbocycles. The summed E-state index contributed by atoms with van der Waals surface area (Å²) in [6.07, 6.45) is 6.61. The number of aromatic nitrogens is 4. The molecule has 3 rings (SSSR count). The molecule has 0 amide bonds. The molecule has 0 unspecified atom stereocenters. The summed E-state index contributed by atoms with van der Waals surface area (Å²) in [6.45, 7) is 1.91. The van der Waals surface area contributed by atoms with E-state index in [4.69, 9.17) is 16.6 Å². The van der Waals surface area contributed by atoms with Gasteiger partial charge in [-0.3, -0.25) is 4.79 Å². The Balaban J connectivity index is 2.03. The molecular formula is C18H22N8OS. The summed E-state index contributed by atoms with van der Waals surface area (Å²) in [4.78, 5) is 17.5. The lowest BCUT2D eigenvalue weighted by Gasteiger charge is -2.07. The second-order valence-corrected chi connectivity index (χ2v) is 7.43. The van der Waals surface area contributed by atoms with Crippen molar-refractivity contribution in [3.63, 3.8) is 0 Å². The van der Waals surface area contributed by atoms with Gasteiger partial charge in [-0.05, 0) is 24.8 Å². The van der Waals surface area contributed by atoms with Crippen LogP contribution in [-0.2, 0) is 20.0 Å². The zero-order valence-corrected chi connectivity index (χ0v) is 16.7. The Morgan fingerprint density at radius 3 is 2.86 bits per heavy atom. The Bertz CT molecular complexity index is 1190. The summed E-state index contributed by atoms with van der Waals surface area (Å²) >= 11 is 1.45. The summed E-state index contributed by atoms with van der Waals surface area (Å²) in [5, 5.41) is 24.7. The van der Waals surface area contributed by atoms with Crippen molar-refractivity contribution in [3.05, 3.63) is 45.6 Å². The molecule has 10 heteroatoms. The quantitative estimate of drug-likeness (QED) is 0.447. The lowest BCUT2D eigenvalue weighted by molar-refractivity contribution is 0.673. The zero-order chi connectivity index (χ0) is 20.4. The molecular weight excluding hydrogens is 376 g/mol. The van der Waals surface area contributed by atoms with Crippen LogP contribution in [0.1, 0.15) is 11.9 Å². The maximum absolute atomic E-state index is 12.9. The minimum absolute atomic E-state index is 0.0961. The Morgan fingerprint density at radius 1 is 1.43 bits per heavy atom. The van der Waals surface area contributed by atoms with E-state index in [1.54, 1.807) is 31.1 Å². The number of nitrogens with two attached hydrogens (primary N) is 1. The van der Waals surface area contributed by atoms with Crippen molar-refractivity contribution < 1.29 is 0 Å². The predicted molar refractivity (Wildman–Crippen MR) is 113 cm³/mol. The molecule has 0 atom stereocenters. The van der Waals surface area contributed by atoms with E-state index in [-0.39, 0.29) is 12.1 Å². The minimum atomic E-state index is -0.257. The average molecular weight is 398 g/mol. The number of hydrogen-bond donors (Lipinski definition) is 4. The fourth-order valence-electron chi connectivity index (χ4n) is 2.94. The highest BCUT2D eigenvalue weighted by atomic mass is 32.1. The summed E-state index contributed by atoms with van der Waals surface area (Å²) in [6, 6.07) is 0. The van der Waals surface area contributed by atoms with Crippen LogP contribution in [0.5, 0.6) is 0 Å². The van der Waals surface area contributed by atoms with Gasteiger partial charge in [0.2, 0.25) is 0 Å². The standard InChI is InChI=1S/C18H22N8OS/c1-10(7-22-2)13(21)9-26-18(27)15-12(8-23-26)16-17(25(15)3)24-14(28-16)6-11(20)4-5-19/h4-5,7-8,20-22H,6,9,19H2,1-3H3/b5-4-,10-7-,20-11?,21-13?. The van der Waals surface area contributed by atoms with Crippen molar-refractivity contribution in [3.8, 4) is 0 Å². The molecule has 0 aliphatic carbocycles. The highest BCUT2D eigenvalue weighted by Gasteiger charge is 2.19. The van der Waals surface area contributed by atoms with Gasteiger partial charge < -0.3 is 26.4 Å². The predicted octanol–water partition coefficient (Wildman–Crippen LogP) is 1.52. The first kappa shape index (κ1) is 19.5. The molecule has 0 saturated heterocycles. The van der Waals surface area contributed by atoms with E-state index in [1.165, 1.54) is 28.3 Å². The maximum Gasteiger partial charge on any atom is 0.291 e. The number of nitrogens with one attached hydrogen (secondary N) is 3. The van der Waals surface area contributed by atoms with E-state index in [0.717, 1.165) is 20.7 Å². The molecule has 146 valence electrons. The van der Waals surface area contributed by atoms with E-state index in [0.29, 0.717) is 29.0 Å². The number of rotatable bonds is 7. The Hall–Kier alpha value is -3.27. The van der Waals surface area contributed by atoms with Crippen LogP contribution in [0.3, 0.4) is 0 Å². The molecule has 28 heavy (non-hydrogen) atoms. The summed E-state index contributed by atoms with van der Waals surface area (Å²) in [7, 11) is 3.56. The van der Waals surface area contributed by atoms with E-state index in [9.17, 15) is 4.79 Å². The lowest BCUT2D eigenvalue weighted by atomic mass is 10.2. The first-order valence-corrected chi connectivity index (χ1v) is 9.40. The first-order chi connectivity index (χ1) is 13.4. The second-order valence-electron chi connectivity index (χ2n) is 6.34. The number of nitrogens with zero attached hydrogens (tertiary/aromatic N) is 4. The van der Waals surface area contributed by atoms with Crippen molar-refractivity contribution in [2.75, 3.05) is 7.05 Å². The molecule has 0 radical (unpaired) electrons. The molecule has 3 aromatic heterocycles. The van der Waals surface area contributed by atoms with Crippen LogP contribution in [-0.4, -0.2) is 37.8 Å². The van der Waals surface area contributed by atoms with Crippen LogP contribution >= 0.6 is 11.3 Å². The van der Waals surface area contributed by atoms with Gasteiger partial charge >= 0.3 is 0 Å². The molecule has 0 aliphatic heterocycles. The highest BCUT2D eigenvalue weighted by molar-refractivity contribution is 7.19. The van der Waals surface area contributed by atoms with Gasteiger partial charge in [-0.25, -0.2) is 9.67 Å². The average Bonchev–Trinajstić information content (AvgIpc) is 3.16. The first-order valence-electron chi connectivity index (χ1n) is 8.58. The zero-order valence-electron chi connectivity index (χ0n) is 15.9. The third kappa shape index (κ3) is 3.46. The van der Waals surface area contributed by atoms with Gasteiger partial charge in [-0.15, -0.1) is 11.3 Å². The van der Waals surface area contributed by atoms with Crippen LogP contribution in [0.2, 0.25) is 0 Å². The van der Waals surface area contributed by atoms with E-state index < -0.39 is 0 Å². The van der Waals surface area contributed by atoms with Crippen molar-refractivity contribution in [1.82, 2.24) is 24.6 Å². The molecule has 0 aliphatic rings. The SMILES string of the molecule is CN/C=C(/C)C(=N)Cn1ncc2c3sc(CC(=N)/C=C\N)nc3n(C)c2c1=O. The van der Waals surface area contributed by atoms with Gasteiger partial charge in [-0.1, -0.05) is 0 Å².